The molecule has 7 nitrogen and oxygen atoms in total. The number of aromatic nitrogens is 1. The Morgan fingerprint density at radius 2 is 2.32 bits per heavy atom. The standard InChI is InChI=1S/C18H26N4O3/c1-13(23)20-10-17(24)22-12-16(18-15(22)6-4-8-25-18)21(2)11-14-5-3-7-19-9-14/h3,5,7,9,15-16,18H,4,6,8,10-12H2,1-2H3,(H,20,23)/t15-,16-,18+/m1/s1. The van der Waals surface area contributed by atoms with E-state index in [1.807, 2.05) is 17.2 Å². The molecule has 0 radical (unpaired) electrons. The van der Waals surface area contributed by atoms with E-state index in [9.17, 15) is 9.59 Å². The van der Waals surface area contributed by atoms with Gasteiger partial charge in [0.2, 0.25) is 11.8 Å². The lowest BCUT2D eigenvalue weighted by Gasteiger charge is -2.34. The van der Waals surface area contributed by atoms with Gasteiger partial charge in [-0.1, -0.05) is 6.07 Å². The van der Waals surface area contributed by atoms with E-state index in [0.717, 1.165) is 31.6 Å². The first-order chi connectivity index (χ1) is 12.1. The molecule has 7 heteroatoms. The van der Waals surface area contributed by atoms with Gasteiger partial charge in [0.25, 0.3) is 0 Å². The van der Waals surface area contributed by atoms with E-state index in [-0.39, 0.29) is 36.5 Å². The second kappa shape index (κ2) is 7.93. The minimum atomic E-state index is -0.186. The first kappa shape index (κ1) is 17.8. The molecule has 3 heterocycles. The maximum atomic E-state index is 12.6. The van der Waals surface area contributed by atoms with Crippen molar-refractivity contribution < 1.29 is 14.3 Å². The third-order valence-electron chi connectivity index (χ3n) is 5.03. The molecule has 2 fully saturated rings. The van der Waals surface area contributed by atoms with Gasteiger partial charge in [-0.25, -0.2) is 0 Å². The minimum absolute atomic E-state index is 0.0247. The lowest BCUT2D eigenvalue weighted by Crippen LogP contribution is -2.47. The molecule has 0 aliphatic carbocycles. The molecule has 0 aromatic carbocycles. The lowest BCUT2D eigenvalue weighted by molar-refractivity contribution is -0.135. The van der Waals surface area contributed by atoms with Crippen LogP contribution in [0.15, 0.2) is 24.5 Å². The van der Waals surface area contributed by atoms with Crippen LogP contribution < -0.4 is 5.32 Å². The van der Waals surface area contributed by atoms with E-state index in [1.165, 1.54) is 6.92 Å². The number of likely N-dealkylation sites (N-methyl/N-ethyl adjacent to an activating group) is 1. The minimum Gasteiger partial charge on any atom is -0.374 e. The van der Waals surface area contributed by atoms with Gasteiger partial charge in [0, 0.05) is 39.0 Å². The number of rotatable bonds is 5. The molecule has 25 heavy (non-hydrogen) atoms. The molecule has 0 bridgehead atoms. The Labute approximate surface area is 148 Å². The molecule has 0 unspecified atom stereocenters. The normalized spacial score (nSPS) is 25.7. The van der Waals surface area contributed by atoms with Crippen LogP contribution in [-0.4, -0.2) is 71.5 Å². The molecule has 2 saturated heterocycles. The maximum absolute atomic E-state index is 12.6. The summed E-state index contributed by atoms with van der Waals surface area (Å²) in [6, 6.07) is 4.22. The number of nitrogens with one attached hydrogen (secondary N) is 1. The third kappa shape index (κ3) is 4.16. The summed E-state index contributed by atoms with van der Waals surface area (Å²) >= 11 is 0. The average molecular weight is 346 g/mol. The number of fused-ring (bicyclic) bond motifs is 1. The second-order valence-electron chi connectivity index (χ2n) is 6.84. The molecule has 2 aliphatic heterocycles. The summed E-state index contributed by atoms with van der Waals surface area (Å²) in [6.45, 7) is 3.61. The number of likely N-dealkylation sites (tertiary alicyclic amines) is 1. The van der Waals surface area contributed by atoms with Crippen molar-refractivity contribution in [3.63, 3.8) is 0 Å². The van der Waals surface area contributed by atoms with Crippen molar-refractivity contribution in [2.45, 2.75) is 44.5 Å². The third-order valence-corrected chi connectivity index (χ3v) is 5.03. The molecule has 2 aliphatic rings. The Balaban J connectivity index is 1.69. The quantitative estimate of drug-likeness (QED) is 0.836. The number of carbonyl (C=O) groups excluding carboxylic acids is 2. The van der Waals surface area contributed by atoms with Gasteiger partial charge in [0.05, 0.1) is 24.7 Å². The van der Waals surface area contributed by atoms with Crippen molar-refractivity contribution in [1.29, 1.82) is 0 Å². The summed E-state index contributed by atoms with van der Waals surface area (Å²) < 4.78 is 6.04. The van der Waals surface area contributed by atoms with Crippen LogP contribution in [0.1, 0.15) is 25.3 Å². The number of hydrogen-bond acceptors (Lipinski definition) is 5. The predicted molar refractivity (Wildman–Crippen MR) is 92.7 cm³/mol. The van der Waals surface area contributed by atoms with Crippen molar-refractivity contribution >= 4 is 11.8 Å². The highest BCUT2D eigenvalue weighted by Crippen LogP contribution is 2.31. The Hall–Kier alpha value is -1.99. The topological polar surface area (TPSA) is 74.8 Å². The molecular weight excluding hydrogens is 320 g/mol. The fourth-order valence-corrected chi connectivity index (χ4v) is 3.80. The van der Waals surface area contributed by atoms with Gasteiger partial charge in [-0.3, -0.25) is 19.5 Å². The van der Waals surface area contributed by atoms with Crippen LogP contribution in [0.2, 0.25) is 0 Å². The molecule has 0 spiro atoms. The van der Waals surface area contributed by atoms with Crippen molar-refractivity contribution in [2.75, 3.05) is 26.7 Å². The average Bonchev–Trinajstić information content (AvgIpc) is 3.00. The molecule has 2 amide bonds. The fraction of sp³-hybridized carbons (Fsp3) is 0.611. The van der Waals surface area contributed by atoms with E-state index in [2.05, 4.69) is 28.3 Å². The zero-order chi connectivity index (χ0) is 17.8. The number of ether oxygens (including phenoxy) is 1. The summed E-state index contributed by atoms with van der Waals surface area (Å²) in [6.07, 6.45) is 5.57. The second-order valence-corrected chi connectivity index (χ2v) is 6.84. The Morgan fingerprint density at radius 3 is 3.04 bits per heavy atom. The summed E-state index contributed by atoms with van der Waals surface area (Å²) in [5.41, 5.74) is 1.14. The Kier molecular flexibility index (Phi) is 5.65. The summed E-state index contributed by atoms with van der Waals surface area (Å²) in [5.74, 6) is -0.220. The van der Waals surface area contributed by atoms with E-state index >= 15 is 0 Å². The monoisotopic (exact) mass is 346 g/mol. The van der Waals surface area contributed by atoms with Crippen molar-refractivity contribution in [2.24, 2.45) is 0 Å². The van der Waals surface area contributed by atoms with Gasteiger partial charge in [-0.2, -0.15) is 0 Å². The number of pyridine rings is 1. The zero-order valence-electron chi connectivity index (χ0n) is 14.9. The van der Waals surface area contributed by atoms with Crippen LogP contribution in [0.4, 0.5) is 0 Å². The SMILES string of the molecule is CC(=O)NCC(=O)N1C[C@@H](N(C)Cc2cccnc2)[C@H]2OCCC[C@H]21. The van der Waals surface area contributed by atoms with Crippen LogP contribution >= 0.6 is 0 Å². The summed E-state index contributed by atoms with van der Waals surface area (Å²) in [4.78, 5) is 32.0. The van der Waals surface area contributed by atoms with Crippen LogP contribution in [0.25, 0.3) is 0 Å². The van der Waals surface area contributed by atoms with Gasteiger partial charge >= 0.3 is 0 Å². The number of amides is 2. The van der Waals surface area contributed by atoms with Crippen molar-refractivity contribution in [3.8, 4) is 0 Å². The van der Waals surface area contributed by atoms with Crippen molar-refractivity contribution in [1.82, 2.24) is 20.1 Å². The van der Waals surface area contributed by atoms with Crippen LogP contribution in [0.3, 0.4) is 0 Å². The van der Waals surface area contributed by atoms with Gasteiger partial charge in [-0.15, -0.1) is 0 Å². The molecule has 1 aromatic rings. The first-order valence-corrected chi connectivity index (χ1v) is 8.81. The number of nitrogens with zero attached hydrogens (tertiary/aromatic N) is 3. The van der Waals surface area contributed by atoms with Crippen LogP contribution in [0, 0.1) is 0 Å². The Bertz CT molecular complexity index is 610. The van der Waals surface area contributed by atoms with Gasteiger partial charge in [0.15, 0.2) is 0 Å². The lowest BCUT2D eigenvalue weighted by atomic mass is 10.00. The first-order valence-electron chi connectivity index (χ1n) is 8.81. The molecular formula is C18H26N4O3. The molecule has 3 rings (SSSR count). The Morgan fingerprint density at radius 1 is 1.48 bits per heavy atom. The smallest absolute Gasteiger partial charge is 0.242 e. The molecule has 1 aromatic heterocycles. The summed E-state index contributed by atoms with van der Waals surface area (Å²) in [7, 11) is 2.06. The molecule has 136 valence electrons. The number of carbonyl (C=O) groups is 2. The van der Waals surface area contributed by atoms with Gasteiger partial charge in [0.1, 0.15) is 0 Å². The van der Waals surface area contributed by atoms with Gasteiger partial charge in [-0.05, 0) is 31.5 Å². The van der Waals surface area contributed by atoms with Crippen LogP contribution in [0.5, 0.6) is 0 Å². The van der Waals surface area contributed by atoms with E-state index in [0.29, 0.717) is 6.54 Å². The highest BCUT2D eigenvalue weighted by molar-refractivity contribution is 5.84. The van der Waals surface area contributed by atoms with Crippen LogP contribution in [-0.2, 0) is 20.9 Å². The van der Waals surface area contributed by atoms with Crippen molar-refractivity contribution in [3.05, 3.63) is 30.1 Å². The van der Waals surface area contributed by atoms with E-state index in [1.54, 1.807) is 6.20 Å². The van der Waals surface area contributed by atoms with Gasteiger partial charge < -0.3 is 15.0 Å². The predicted octanol–water partition coefficient (Wildman–Crippen LogP) is 0.408. The zero-order valence-corrected chi connectivity index (χ0v) is 14.9. The highest BCUT2D eigenvalue weighted by atomic mass is 16.5. The molecule has 1 N–H and O–H groups in total. The fourth-order valence-electron chi connectivity index (χ4n) is 3.80. The maximum Gasteiger partial charge on any atom is 0.242 e. The summed E-state index contributed by atoms with van der Waals surface area (Å²) in [5, 5.41) is 2.61. The molecule has 3 atom stereocenters. The van der Waals surface area contributed by atoms with E-state index < -0.39 is 0 Å². The largest absolute Gasteiger partial charge is 0.374 e. The van der Waals surface area contributed by atoms with E-state index in [4.69, 9.17) is 4.74 Å². The number of hydrogen-bond donors (Lipinski definition) is 1. The molecule has 0 saturated carbocycles. The highest BCUT2D eigenvalue weighted by Gasteiger charge is 2.47.